The highest BCUT2D eigenvalue weighted by molar-refractivity contribution is 5.83. The van der Waals surface area contributed by atoms with Crippen molar-refractivity contribution in [2.45, 2.75) is 31.5 Å². The van der Waals surface area contributed by atoms with E-state index < -0.39 is 30.4 Å². The summed E-state index contributed by atoms with van der Waals surface area (Å²) in [5.41, 5.74) is 1.54. The molecule has 1 heterocycles. The molecule has 1 aliphatic heterocycles. The Morgan fingerprint density at radius 1 is 1.00 bits per heavy atom. The van der Waals surface area contributed by atoms with E-state index in [1.807, 2.05) is 36.4 Å². The van der Waals surface area contributed by atoms with E-state index in [2.05, 4.69) is 6.58 Å². The van der Waals surface area contributed by atoms with Crippen molar-refractivity contribution in [3.05, 3.63) is 84.4 Å². The minimum absolute atomic E-state index is 0.0110. The van der Waals surface area contributed by atoms with Crippen molar-refractivity contribution in [1.82, 2.24) is 4.90 Å². The SMILES string of the molecule is C=CCO[C@@H]1CN(C(=O)OCc2ccccc2)[C@H](C(=O)OCc2ccccc2)[C@H]1F. The van der Waals surface area contributed by atoms with E-state index in [1.165, 1.54) is 6.08 Å². The first-order chi connectivity index (χ1) is 14.6. The molecule has 7 heteroatoms. The van der Waals surface area contributed by atoms with Gasteiger partial charge in [0, 0.05) is 0 Å². The van der Waals surface area contributed by atoms with Crippen molar-refractivity contribution in [3.63, 3.8) is 0 Å². The van der Waals surface area contributed by atoms with Crippen molar-refractivity contribution in [2.75, 3.05) is 13.2 Å². The molecule has 0 radical (unpaired) electrons. The second-order valence-corrected chi connectivity index (χ2v) is 6.84. The Bertz CT molecular complexity index is 845. The average molecular weight is 413 g/mol. The van der Waals surface area contributed by atoms with Crippen LogP contribution in [-0.4, -0.2) is 48.4 Å². The first kappa shape index (κ1) is 21.5. The van der Waals surface area contributed by atoms with Gasteiger partial charge in [-0.05, 0) is 11.1 Å². The zero-order valence-corrected chi connectivity index (χ0v) is 16.5. The molecule has 6 nitrogen and oxygen atoms in total. The highest BCUT2D eigenvalue weighted by Crippen LogP contribution is 2.26. The average Bonchev–Trinajstić information content (AvgIpc) is 3.12. The molecule has 0 spiro atoms. The number of hydrogen-bond acceptors (Lipinski definition) is 5. The molecule has 1 fully saturated rings. The van der Waals surface area contributed by atoms with E-state index in [1.54, 1.807) is 24.3 Å². The summed E-state index contributed by atoms with van der Waals surface area (Å²) < 4.78 is 31.0. The number of alkyl halides is 1. The monoisotopic (exact) mass is 413 g/mol. The van der Waals surface area contributed by atoms with Gasteiger partial charge in [0.25, 0.3) is 0 Å². The van der Waals surface area contributed by atoms with Crippen LogP contribution in [0.5, 0.6) is 0 Å². The third kappa shape index (κ3) is 5.45. The summed E-state index contributed by atoms with van der Waals surface area (Å²) >= 11 is 0. The second kappa shape index (κ2) is 10.5. The fourth-order valence-corrected chi connectivity index (χ4v) is 3.18. The van der Waals surface area contributed by atoms with Gasteiger partial charge in [0.2, 0.25) is 0 Å². The Hall–Kier alpha value is -3.19. The van der Waals surface area contributed by atoms with Crippen LogP contribution in [0.15, 0.2) is 73.3 Å². The van der Waals surface area contributed by atoms with Crippen molar-refractivity contribution in [3.8, 4) is 0 Å². The molecule has 1 saturated heterocycles. The summed E-state index contributed by atoms with van der Waals surface area (Å²) in [5.74, 6) is -0.840. The molecule has 2 aromatic carbocycles. The molecule has 2 aromatic rings. The predicted octanol–water partition coefficient (Wildman–Crippen LogP) is 3.66. The lowest BCUT2D eigenvalue weighted by Gasteiger charge is -2.23. The standard InChI is InChI=1S/C23H24FNO5/c1-2-13-28-19-14-25(23(27)30-16-18-11-7-4-8-12-18)21(20(19)24)22(26)29-15-17-9-5-3-6-10-17/h2-12,19-21H,1,13-16H2/t19-,20+,21+/m1/s1. The predicted molar refractivity (Wildman–Crippen MR) is 108 cm³/mol. The molecule has 30 heavy (non-hydrogen) atoms. The minimum atomic E-state index is -1.74. The second-order valence-electron chi connectivity index (χ2n) is 6.84. The van der Waals surface area contributed by atoms with Crippen LogP contribution in [0.3, 0.4) is 0 Å². The van der Waals surface area contributed by atoms with Crippen LogP contribution in [0.1, 0.15) is 11.1 Å². The van der Waals surface area contributed by atoms with Crippen LogP contribution in [0.25, 0.3) is 0 Å². The smallest absolute Gasteiger partial charge is 0.411 e. The maximum Gasteiger partial charge on any atom is 0.411 e. The van der Waals surface area contributed by atoms with E-state index in [9.17, 15) is 9.59 Å². The number of hydrogen-bond donors (Lipinski definition) is 0. The summed E-state index contributed by atoms with van der Waals surface area (Å²) in [4.78, 5) is 26.3. The van der Waals surface area contributed by atoms with E-state index in [0.29, 0.717) is 0 Å². The Morgan fingerprint density at radius 3 is 2.13 bits per heavy atom. The number of esters is 1. The van der Waals surface area contributed by atoms with Gasteiger partial charge in [-0.25, -0.2) is 14.0 Å². The topological polar surface area (TPSA) is 65.1 Å². The van der Waals surface area contributed by atoms with Gasteiger partial charge in [-0.3, -0.25) is 4.90 Å². The van der Waals surface area contributed by atoms with Crippen LogP contribution in [0.2, 0.25) is 0 Å². The fraction of sp³-hybridized carbons (Fsp3) is 0.304. The molecule has 3 atom stereocenters. The maximum atomic E-state index is 15.0. The van der Waals surface area contributed by atoms with Gasteiger partial charge in [0.05, 0.1) is 13.2 Å². The third-order valence-corrected chi connectivity index (χ3v) is 4.70. The number of carbonyl (C=O) groups excluding carboxylic acids is 2. The van der Waals surface area contributed by atoms with Crippen molar-refractivity contribution in [2.24, 2.45) is 0 Å². The van der Waals surface area contributed by atoms with Crippen LogP contribution in [0, 0.1) is 0 Å². The van der Waals surface area contributed by atoms with Crippen LogP contribution in [0.4, 0.5) is 9.18 Å². The number of rotatable bonds is 8. The minimum Gasteiger partial charge on any atom is -0.459 e. The Kier molecular flexibility index (Phi) is 7.57. The summed E-state index contributed by atoms with van der Waals surface area (Å²) in [6.07, 6.45) is -2.03. The maximum absolute atomic E-state index is 15.0. The van der Waals surface area contributed by atoms with Gasteiger partial charge in [-0.1, -0.05) is 66.7 Å². The highest BCUT2D eigenvalue weighted by Gasteiger charge is 2.50. The van der Waals surface area contributed by atoms with Crippen molar-refractivity contribution in [1.29, 1.82) is 0 Å². The normalized spacial score (nSPS) is 20.6. The first-order valence-electron chi connectivity index (χ1n) is 9.64. The highest BCUT2D eigenvalue weighted by atomic mass is 19.1. The lowest BCUT2D eigenvalue weighted by molar-refractivity contribution is -0.152. The summed E-state index contributed by atoms with van der Waals surface area (Å²) in [6.45, 7) is 3.51. The molecule has 1 aliphatic rings. The zero-order chi connectivity index (χ0) is 21.3. The molecule has 0 N–H and O–H groups in total. The number of benzene rings is 2. The molecule has 0 saturated carbocycles. The van der Waals surface area contributed by atoms with Gasteiger partial charge in [-0.2, -0.15) is 0 Å². The molecular formula is C23H24FNO5. The Balaban J connectivity index is 1.67. The number of ether oxygens (including phenoxy) is 3. The number of likely N-dealkylation sites (tertiary alicyclic amines) is 1. The van der Waals surface area contributed by atoms with Crippen LogP contribution in [-0.2, 0) is 32.2 Å². The van der Waals surface area contributed by atoms with Gasteiger partial charge in [0.15, 0.2) is 12.2 Å². The molecule has 3 rings (SSSR count). The molecule has 0 aromatic heterocycles. The quantitative estimate of drug-likeness (QED) is 0.488. The number of amides is 1. The number of nitrogens with zero attached hydrogens (tertiary/aromatic N) is 1. The lowest BCUT2D eigenvalue weighted by atomic mass is 10.1. The number of halogens is 1. The third-order valence-electron chi connectivity index (χ3n) is 4.70. The van der Waals surface area contributed by atoms with E-state index in [-0.39, 0.29) is 26.4 Å². The summed E-state index contributed by atoms with van der Waals surface area (Å²) in [6, 6.07) is 16.7. The van der Waals surface area contributed by atoms with Gasteiger partial charge in [0.1, 0.15) is 19.3 Å². The van der Waals surface area contributed by atoms with E-state index in [4.69, 9.17) is 14.2 Å². The van der Waals surface area contributed by atoms with Gasteiger partial charge >= 0.3 is 12.1 Å². The Labute approximate surface area is 174 Å². The molecule has 1 amide bonds. The van der Waals surface area contributed by atoms with Crippen molar-refractivity contribution < 1.29 is 28.2 Å². The zero-order valence-electron chi connectivity index (χ0n) is 16.5. The number of carbonyl (C=O) groups is 2. The lowest BCUT2D eigenvalue weighted by Crippen LogP contribution is -2.45. The summed E-state index contributed by atoms with van der Waals surface area (Å²) in [7, 11) is 0. The molecule has 0 aliphatic carbocycles. The molecule has 0 unspecified atom stereocenters. The largest absolute Gasteiger partial charge is 0.459 e. The summed E-state index contributed by atoms with van der Waals surface area (Å²) in [5, 5.41) is 0. The van der Waals surface area contributed by atoms with Gasteiger partial charge < -0.3 is 14.2 Å². The Morgan fingerprint density at radius 2 is 1.57 bits per heavy atom. The van der Waals surface area contributed by atoms with Gasteiger partial charge in [-0.15, -0.1) is 6.58 Å². The first-order valence-corrected chi connectivity index (χ1v) is 9.64. The molecule has 158 valence electrons. The molecule has 0 bridgehead atoms. The fourth-order valence-electron chi connectivity index (χ4n) is 3.18. The van der Waals surface area contributed by atoms with Crippen LogP contribution < -0.4 is 0 Å². The van der Waals surface area contributed by atoms with Crippen molar-refractivity contribution >= 4 is 12.1 Å². The van der Waals surface area contributed by atoms with Crippen LogP contribution >= 0.6 is 0 Å². The van der Waals surface area contributed by atoms with E-state index >= 15 is 4.39 Å². The molecular weight excluding hydrogens is 389 g/mol. The van der Waals surface area contributed by atoms with E-state index in [0.717, 1.165) is 16.0 Å².